The number of amides is 1. The van der Waals surface area contributed by atoms with Crippen molar-refractivity contribution in [3.63, 3.8) is 0 Å². The summed E-state index contributed by atoms with van der Waals surface area (Å²) in [5, 5.41) is 14.6. The summed E-state index contributed by atoms with van der Waals surface area (Å²) in [6.45, 7) is 6.44. The molecular formula is C14H27N3O2. The highest BCUT2D eigenvalue weighted by molar-refractivity contribution is 5.82. The van der Waals surface area contributed by atoms with Gasteiger partial charge in [0.1, 0.15) is 5.84 Å². The molecule has 110 valence electrons. The number of nitrogens with two attached hydrogens (primary N) is 1. The van der Waals surface area contributed by atoms with Crippen molar-refractivity contribution in [2.24, 2.45) is 40.5 Å². The molecule has 4 N–H and O–H groups in total. The summed E-state index contributed by atoms with van der Waals surface area (Å²) in [6, 6.07) is 0. The number of nitrogens with zero attached hydrogens (tertiary/aromatic N) is 1. The number of hydrogen-bond donors (Lipinski definition) is 3. The fourth-order valence-electron chi connectivity index (χ4n) is 3.41. The van der Waals surface area contributed by atoms with Crippen LogP contribution in [0.5, 0.6) is 0 Å². The molecule has 5 nitrogen and oxygen atoms in total. The summed E-state index contributed by atoms with van der Waals surface area (Å²) in [7, 11) is 1.65. The molecule has 19 heavy (non-hydrogen) atoms. The zero-order chi connectivity index (χ0) is 14.6. The number of nitrogens with one attached hydrogen (secondary N) is 1. The predicted molar refractivity (Wildman–Crippen MR) is 75.8 cm³/mol. The van der Waals surface area contributed by atoms with Gasteiger partial charge in [0.2, 0.25) is 5.91 Å². The van der Waals surface area contributed by atoms with Gasteiger partial charge in [0.25, 0.3) is 0 Å². The molecule has 0 saturated heterocycles. The number of carbonyl (C=O) groups excluding carboxylic acids is 1. The van der Waals surface area contributed by atoms with Gasteiger partial charge in [-0.05, 0) is 30.1 Å². The lowest BCUT2D eigenvalue weighted by Crippen LogP contribution is -2.37. The first-order chi connectivity index (χ1) is 8.92. The number of rotatable bonds is 5. The molecule has 1 saturated carbocycles. The van der Waals surface area contributed by atoms with Gasteiger partial charge in [-0.3, -0.25) is 4.79 Å². The fraction of sp³-hybridized carbons (Fsp3) is 0.857. The SMILES string of the molecule is CNC(=O)C(C)C(CC(N)=NO)[C@H]1CC[C@@H](C)[C@H]1C. The van der Waals surface area contributed by atoms with Crippen LogP contribution in [0.2, 0.25) is 0 Å². The first-order valence-corrected chi connectivity index (χ1v) is 7.10. The minimum atomic E-state index is -0.122. The summed E-state index contributed by atoms with van der Waals surface area (Å²) >= 11 is 0. The van der Waals surface area contributed by atoms with Gasteiger partial charge in [0, 0.05) is 19.4 Å². The highest BCUT2D eigenvalue weighted by Gasteiger charge is 2.39. The van der Waals surface area contributed by atoms with E-state index in [4.69, 9.17) is 10.9 Å². The van der Waals surface area contributed by atoms with Crippen LogP contribution < -0.4 is 11.1 Å². The van der Waals surface area contributed by atoms with E-state index in [0.29, 0.717) is 24.2 Å². The lowest BCUT2D eigenvalue weighted by Gasteiger charge is -2.31. The van der Waals surface area contributed by atoms with Gasteiger partial charge in [-0.1, -0.05) is 32.3 Å². The van der Waals surface area contributed by atoms with Crippen LogP contribution in [-0.2, 0) is 4.79 Å². The molecule has 5 atom stereocenters. The number of oxime groups is 1. The second kappa shape index (κ2) is 6.78. The van der Waals surface area contributed by atoms with Gasteiger partial charge < -0.3 is 16.3 Å². The van der Waals surface area contributed by atoms with Crippen molar-refractivity contribution in [3.05, 3.63) is 0 Å². The van der Waals surface area contributed by atoms with Crippen LogP contribution in [0.15, 0.2) is 5.16 Å². The van der Waals surface area contributed by atoms with Crippen LogP contribution in [0, 0.1) is 29.6 Å². The third-order valence-corrected chi connectivity index (χ3v) is 4.95. The maximum absolute atomic E-state index is 11.9. The zero-order valence-corrected chi connectivity index (χ0v) is 12.4. The highest BCUT2D eigenvalue weighted by Crippen LogP contribution is 2.44. The largest absolute Gasteiger partial charge is 0.409 e. The lowest BCUT2D eigenvalue weighted by molar-refractivity contribution is -0.126. The molecular weight excluding hydrogens is 242 g/mol. The van der Waals surface area contributed by atoms with E-state index in [0.717, 1.165) is 6.42 Å². The van der Waals surface area contributed by atoms with E-state index in [9.17, 15) is 4.79 Å². The van der Waals surface area contributed by atoms with Crippen LogP contribution in [0.3, 0.4) is 0 Å². The van der Waals surface area contributed by atoms with Crippen LogP contribution in [-0.4, -0.2) is 24.0 Å². The van der Waals surface area contributed by atoms with Crippen molar-refractivity contribution >= 4 is 11.7 Å². The molecule has 1 fully saturated rings. The molecule has 0 aliphatic heterocycles. The van der Waals surface area contributed by atoms with Crippen molar-refractivity contribution in [1.82, 2.24) is 5.32 Å². The van der Waals surface area contributed by atoms with Crippen molar-refractivity contribution in [2.45, 2.75) is 40.0 Å². The lowest BCUT2D eigenvalue weighted by atomic mass is 9.74. The number of carbonyl (C=O) groups is 1. The van der Waals surface area contributed by atoms with E-state index in [1.807, 2.05) is 6.92 Å². The van der Waals surface area contributed by atoms with Gasteiger partial charge in [0.05, 0.1) is 0 Å². The summed E-state index contributed by atoms with van der Waals surface area (Å²) in [6.07, 6.45) is 2.79. The van der Waals surface area contributed by atoms with Crippen LogP contribution in [0.4, 0.5) is 0 Å². The summed E-state index contributed by atoms with van der Waals surface area (Å²) in [5.74, 6) is 1.97. The fourth-order valence-corrected chi connectivity index (χ4v) is 3.41. The zero-order valence-electron chi connectivity index (χ0n) is 12.4. The molecule has 0 bridgehead atoms. The molecule has 0 spiro atoms. The van der Waals surface area contributed by atoms with E-state index in [1.165, 1.54) is 6.42 Å². The maximum atomic E-state index is 11.9. The first kappa shape index (κ1) is 15.8. The monoisotopic (exact) mass is 269 g/mol. The van der Waals surface area contributed by atoms with Crippen molar-refractivity contribution in [3.8, 4) is 0 Å². The van der Waals surface area contributed by atoms with Crippen molar-refractivity contribution in [2.75, 3.05) is 7.05 Å². The second-order valence-electron chi connectivity index (χ2n) is 5.94. The summed E-state index contributed by atoms with van der Waals surface area (Å²) < 4.78 is 0. The molecule has 1 aliphatic carbocycles. The van der Waals surface area contributed by atoms with Crippen LogP contribution >= 0.6 is 0 Å². The Labute approximate surface area is 115 Å². The third kappa shape index (κ3) is 3.61. The first-order valence-electron chi connectivity index (χ1n) is 7.10. The highest BCUT2D eigenvalue weighted by atomic mass is 16.4. The number of amidine groups is 1. The Bertz CT molecular complexity index is 344. The average molecular weight is 269 g/mol. The maximum Gasteiger partial charge on any atom is 0.222 e. The van der Waals surface area contributed by atoms with E-state index in [1.54, 1.807) is 7.05 Å². The minimum absolute atomic E-state index is 0.0301. The molecule has 0 aromatic carbocycles. The average Bonchev–Trinajstić information content (AvgIpc) is 2.74. The molecule has 0 radical (unpaired) electrons. The minimum Gasteiger partial charge on any atom is -0.409 e. The molecule has 0 aromatic rings. The topological polar surface area (TPSA) is 87.7 Å². The molecule has 0 aromatic heterocycles. The van der Waals surface area contributed by atoms with Gasteiger partial charge in [-0.2, -0.15) is 0 Å². The van der Waals surface area contributed by atoms with E-state index in [-0.39, 0.29) is 23.6 Å². The Hall–Kier alpha value is -1.26. The van der Waals surface area contributed by atoms with Gasteiger partial charge in [0.15, 0.2) is 0 Å². The molecule has 5 heteroatoms. The molecule has 1 rings (SSSR count). The molecule has 2 unspecified atom stereocenters. The van der Waals surface area contributed by atoms with Crippen LogP contribution in [0.25, 0.3) is 0 Å². The summed E-state index contributed by atoms with van der Waals surface area (Å²) in [5.41, 5.74) is 5.67. The Morgan fingerprint density at radius 1 is 1.47 bits per heavy atom. The van der Waals surface area contributed by atoms with Crippen molar-refractivity contribution < 1.29 is 10.0 Å². The Morgan fingerprint density at radius 3 is 2.53 bits per heavy atom. The predicted octanol–water partition coefficient (Wildman–Crippen LogP) is 1.80. The van der Waals surface area contributed by atoms with Gasteiger partial charge >= 0.3 is 0 Å². The van der Waals surface area contributed by atoms with Gasteiger partial charge in [-0.15, -0.1) is 0 Å². The molecule has 1 aliphatic rings. The third-order valence-electron chi connectivity index (χ3n) is 4.95. The van der Waals surface area contributed by atoms with Gasteiger partial charge in [-0.25, -0.2) is 0 Å². The normalized spacial score (nSPS) is 30.9. The molecule has 1 amide bonds. The Morgan fingerprint density at radius 2 is 2.11 bits per heavy atom. The number of hydrogen-bond acceptors (Lipinski definition) is 3. The van der Waals surface area contributed by atoms with Crippen molar-refractivity contribution in [1.29, 1.82) is 0 Å². The smallest absolute Gasteiger partial charge is 0.222 e. The Balaban J connectivity index is 2.89. The van der Waals surface area contributed by atoms with Crippen LogP contribution in [0.1, 0.15) is 40.0 Å². The standard InChI is InChI=1S/C14H27N3O2/c1-8-5-6-11(9(8)2)12(7-13(15)17-19)10(3)14(18)16-4/h8-12,19H,5-7H2,1-4H3,(H2,15,17)(H,16,18)/t8-,9-,10?,11+,12?/m1/s1. The van der Waals surface area contributed by atoms with E-state index >= 15 is 0 Å². The van der Waals surface area contributed by atoms with E-state index < -0.39 is 0 Å². The van der Waals surface area contributed by atoms with E-state index in [2.05, 4.69) is 24.3 Å². The molecule has 0 heterocycles. The Kier molecular flexibility index (Phi) is 5.63. The summed E-state index contributed by atoms with van der Waals surface area (Å²) in [4.78, 5) is 11.9. The second-order valence-corrected chi connectivity index (χ2v) is 5.94. The quantitative estimate of drug-likeness (QED) is 0.308.